The van der Waals surface area contributed by atoms with Gasteiger partial charge < -0.3 is 0 Å². The van der Waals surface area contributed by atoms with E-state index in [9.17, 15) is 0 Å². The monoisotopic (exact) mass is 184 g/mol. The summed E-state index contributed by atoms with van der Waals surface area (Å²) in [4.78, 5) is 3.93. The van der Waals surface area contributed by atoms with Crippen LogP contribution in [0.4, 0.5) is 0 Å². The van der Waals surface area contributed by atoms with E-state index in [0.29, 0.717) is 0 Å². The average Bonchev–Trinajstić information content (AvgIpc) is 1.89. The Kier molecular flexibility index (Phi) is 2.22. The minimum Gasteiger partial charge on any atom is -0.264 e. The van der Waals surface area contributed by atoms with Gasteiger partial charge in [-0.15, -0.1) is 0 Å². The van der Waals surface area contributed by atoms with E-state index >= 15 is 0 Å². The van der Waals surface area contributed by atoms with Crippen molar-refractivity contribution in [1.82, 2.24) is 4.98 Å². The van der Waals surface area contributed by atoms with Crippen LogP contribution in [0.2, 0.25) is 0 Å². The first-order valence-corrected chi connectivity index (χ1v) is 3.53. The molecule has 1 aromatic rings. The Bertz CT molecular complexity index is 198. The summed E-state index contributed by atoms with van der Waals surface area (Å²) in [7, 11) is 0. The number of hydrogen-bond donors (Lipinski definition) is 0. The Hall–Kier alpha value is -0.370. The number of aromatic nitrogens is 1. The fourth-order valence-electron chi connectivity index (χ4n) is 0.620. The van der Waals surface area contributed by atoms with Crippen molar-refractivity contribution in [3.8, 4) is 0 Å². The molecule has 0 fully saturated rings. The molecule has 0 saturated heterocycles. The number of rotatable bonds is 1. The second-order valence-electron chi connectivity index (χ2n) is 1.69. The molecule has 0 atom stereocenters. The van der Waals surface area contributed by atoms with Crippen LogP contribution in [0, 0.1) is 6.42 Å². The smallest absolute Gasteiger partial charge is 0.0413 e. The van der Waals surface area contributed by atoms with Crippen LogP contribution in [0.1, 0.15) is 12.5 Å². The highest BCUT2D eigenvalue weighted by Gasteiger charge is 1.92. The lowest BCUT2D eigenvalue weighted by atomic mass is 10.2. The average molecular weight is 185 g/mol. The molecule has 0 aliphatic rings. The predicted octanol–water partition coefficient (Wildman–Crippen LogP) is 2.42. The van der Waals surface area contributed by atoms with Gasteiger partial charge in [-0.05, 0) is 34.0 Å². The van der Waals surface area contributed by atoms with Gasteiger partial charge in [0.25, 0.3) is 0 Å². The molecular weight excluding hydrogens is 178 g/mol. The minimum absolute atomic E-state index is 1.05. The quantitative estimate of drug-likeness (QED) is 0.654. The van der Waals surface area contributed by atoms with Gasteiger partial charge in [-0.3, -0.25) is 4.98 Å². The lowest BCUT2D eigenvalue weighted by Crippen LogP contribution is -1.79. The first kappa shape index (κ1) is 6.75. The van der Waals surface area contributed by atoms with Gasteiger partial charge >= 0.3 is 0 Å². The highest BCUT2D eigenvalue weighted by molar-refractivity contribution is 9.10. The normalized spacial score (nSPS) is 9.56. The molecule has 1 aromatic heterocycles. The second kappa shape index (κ2) is 2.97. The van der Waals surface area contributed by atoms with Crippen LogP contribution in [0.5, 0.6) is 0 Å². The Labute approximate surface area is 63.2 Å². The van der Waals surface area contributed by atoms with Crippen LogP contribution < -0.4 is 0 Å². The number of pyridine rings is 1. The molecule has 0 spiro atoms. The van der Waals surface area contributed by atoms with E-state index in [1.807, 2.05) is 19.4 Å². The molecule has 47 valence electrons. The van der Waals surface area contributed by atoms with Crippen molar-refractivity contribution in [2.45, 2.75) is 6.92 Å². The van der Waals surface area contributed by atoms with Crippen molar-refractivity contribution in [2.75, 3.05) is 0 Å². The number of halogens is 1. The van der Waals surface area contributed by atoms with E-state index in [-0.39, 0.29) is 0 Å². The topological polar surface area (TPSA) is 12.9 Å². The summed E-state index contributed by atoms with van der Waals surface area (Å²) >= 11 is 3.36. The Balaban J connectivity index is 3.01. The largest absolute Gasteiger partial charge is 0.264 e. The number of hydrogen-bond acceptors (Lipinski definition) is 1. The third kappa shape index (κ3) is 1.52. The van der Waals surface area contributed by atoms with Gasteiger partial charge in [-0.25, -0.2) is 0 Å². The second-order valence-corrected chi connectivity index (χ2v) is 2.54. The summed E-state index contributed by atoms with van der Waals surface area (Å²) in [5, 5.41) is 0. The van der Waals surface area contributed by atoms with E-state index in [2.05, 4.69) is 20.9 Å². The molecule has 0 N–H and O–H groups in total. The zero-order chi connectivity index (χ0) is 6.69. The predicted molar refractivity (Wildman–Crippen MR) is 41.0 cm³/mol. The maximum absolute atomic E-state index is 3.93. The lowest BCUT2D eigenvalue weighted by molar-refractivity contribution is 1.26. The molecule has 0 aromatic carbocycles. The van der Waals surface area contributed by atoms with Gasteiger partial charge in [-0.2, -0.15) is 0 Å². The standard InChI is InChI=1S/C7H7BrN/c1-2-6-3-4-9-5-7(6)8/h2-5H,1H3. The van der Waals surface area contributed by atoms with Crippen LogP contribution in [-0.4, -0.2) is 4.98 Å². The van der Waals surface area contributed by atoms with Gasteiger partial charge in [0.1, 0.15) is 0 Å². The molecule has 1 heterocycles. The van der Waals surface area contributed by atoms with Crippen LogP contribution >= 0.6 is 15.9 Å². The zero-order valence-electron chi connectivity index (χ0n) is 5.13. The molecular formula is C7H7BrN. The van der Waals surface area contributed by atoms with Crippen molar-refractivity contribution >= 4 is 15.9 Å². The molecule has 0 saturated carbocycles. The van der Waals surface area contributed by atoms with Crippen molar-refractivity contribution in [1.29, 1.82) is 0 Å². The summed E-state index contributed by atoms with van der Waals surface area (Å²) in [6, 6.07) is 1.96. The summed E-state index contributed by atoms with van der Waals surface area (Å²) in [5.41, 5.74) is 1.19. The molecule has 0 aliphatic carbocycles. The SMILES string of the molecule is C[CH]c1ccncc1Br. The van der Waals surface area contributed by atoms with Gasteiger partial charge in [-0.1, -0.05) is 6.92 Å². The summed E-state index contributed by atoms with van der Waals surface area (Å²) in [5.74, 6) is 0. The van der Waals surface area contributed by atoms with Crippen LogP contribution in [0.25, 0.3) is 0 Å². The van der Waals surface area contributed by atoms with Gasteiger partial charge in [0.05, 0.1) is 0 Å². The minimum atomic E-state index is 1.05. The van der Waals surface area contributed by atoms with Crippen molar-refractivity contribution in [3.63, 3.8) is 0 Å². The molecule has 1 rings (SSSR count). The van der Waals surface area contributed by atoms with E-state index in [1.165, 1.54) is 5.56 Å². The Morgan fingerprint density at radius 2 is 2.44 bits per heavy atom. The fourth-order valence-corrected chi connectivity index (χ4v) is 1.10. The van der Waals surface area contributed by atoms with Crippen LogP contribution in [0.3, 0.4) is 0 Å². The molecule has 0 unspecified atom stereocenters. The van der Waals surface area contributed by atoms with Gasteiger partial charge in [0.15, 0.2) is 0 Å². The molecule has 1 radical (unpaired) electrons. The van der Waals surface area contributed by atoms with E-state index in [1.54, 1.807) is 12.4 Å². The van der Waals surface area contributed by atoms with Crippen LogP contribution in [0.15, 0.2) is 22.9 Å². The van der Waals surface area contributed by atoms with E-state index < -0.39 is 0 Å². The number of nitrogens with zero attached hydrogens (tertiary/aromatic N) is 1. The first-order valence-electron chi connectivity index (χ1n) is 2.73. The molecule has 0 bridgehead atoms. The van der Waals surface area contributed by atoms with Gasteiger partial charge in [0, 0.05) is 16.9 Å². The highest BCUT2D eigenvalue weighted by Crippen LogP contribution is 2.14. The molecule has 0 aliphatic heterocycles. The molecule has 0 amide bonds. The molecule has 9 heavy (non-hydrogen) atoms. The molecule has 1 nitrogen and oxygen atoms in total. The highest BCUT2D eigenvalue weighted by atomic mass is 79.9. The maximum atomic E-state index is 3.93. The maximum Gasteiger partial charge on any atom is 0.0413 e. The molecule has 2 heteroatoms. The third-order valence-electron chi connectivity index (χ3n) is 1.11. The van der Waals surface area contributed by atoms with Gasteiger partial charge in [0.2, 0.25) is 0 Å². The van der Waals surface area contributed by atoms with E-state index in [4.69, 9.17) is 0 Å². The lowest BCUT2D eigenvalue weighted by Gasteiger charge is -1.95. The van der Waals surface area contributed by atoms with Crippen molar-refractivity contribution in [2.24, 2.45) is 0 Å². The van der Waals surface area contributed by atoms with E-state index in [0.717, 1.165) is 4.47 Å². The fraction of sp³-hybridized carbons (Fsp3) is 0.143. The zero-order valence-corrected chi connectivity index (χ0v) is 6.72. The van der Waals surface area contributed by atoms with Crippen molar-refractivity contribution < 1.29 is 0 Å². The summed E-state index contributed by atoms with van der Waals surface area (Å²) < 4.78 is 1.05. The van der Waals surface area contributed by atoms with Crippen molar-refractivity contribution in [3.05, 3.63) is 34.9 Å². The summed E-state index contributed by atoms with van der Waals surface area (Å²) in [6.45, 7) is 2.00. The first-order chi connectivity index (χ1) is 4.34. The Morgan fingerprint density at radius 3 is 2.89 bits per heavy atom. The Morgan fingerprint density at radius 1 is 1.67 bits per heavy atom. The summed E-state index contributed by atoms with van der Waals surface area (Å²) in [6.07, 6.45) is 5.60. The van der Waals surface area contributed by atoms with Crippen LogP contribution in [-0.2, 0) is 0 Å². The third-order valence-corrected chi connectivity index (χ3v) is 1.78.